The molecule has 1 aliphatic rings. The summed E-state index contributed by atoms with van der Waals surface area (Å²) in [4.78, 5) is 4.09. The van der Waals surface area contributed by atoms with E-state index >= 15 is 0 Å². The molecule has 27 heavy (non-hydrogen) atoms. The molecule has 1 saturated heterocycles. The zero-order chi connectivity index (χ0) is 18.9. The van der Waals surface area contributed by atoms with Crippen LogP contribution in [0.25, 0.3) is 0 Å². The van der Waals surface area contributed by atoms with Gasteiger partial charge in [0.15, 0.2) is 0 Å². The highest BCUT2D eigenvalue weighted by molar-refractivity contribution is 6.31. The second-order valence-corrected chi connectivity index (χ2v) is 7.27. The van der Waals surface area contributed by atoms with Gasteiger partial charge in [0, 0.05) is 23.0 Å². The predicted octanol–water partition coefficient (Wildman–Crippen LogP) is 5.27. The average molecular weight is 405 g/mol. The van der Waals surface area contributed by atoms with Crippen molar-refractivity contribution in [3.63, 3.8) is 0 Å². The number of halogens is 2. The van der Waals surface area contributed by atoms with E-state index in [9.17, 15) is 0 Å². The lowest BCUT2D eigenvalue weighted by molar-refractivity contribution is -0.185. The number of aromatic nitrogens is 2. The summed E-state index contributed by atoms with van der Waals surface area (Å²) in [7, 11) is 0. The van der Waals surface area contributed by atoms with E-state index in [4.69, 9.17) is 37.4 Å². The van der Waals surface area contributed by atoms with Crippen LogP contribution in [-0.2, 0) is 21.8 Å². The van der Waals surface area contributed by atoms with E-state index in [0.717, 1.165) is 5.56 Å². The Bertz CT molecular complexity index is 915. The molecule has 2 aromatic carbocycles. The molecule has 7 heteroatoms. The first kappa shape index (κ1) is 18.3. The molecule has 0 amide bonds. The fourth-order valence-corrected chi connectivity index (χ4v) is 3.52. The van der Waals surface area contributed by atoms with Gasteiger partial charge in [-0.15, -0.1) is 0 Å². The van der Waals surface area contributed by atoms with Gasteiger partial charge in [0.1, 0.15) is 11.5 Å². The van der Waals surface area contributed by atoms with Crippen LogP contribution in [0.2, 0.25) is 10.0 Å². The monoisotopic (exact) mass is 404 g/mol. The number of nitrogens with zero attached hydrogens (tertiary/aromatic N) is 2. The number of hydrogen-bond donors (Lipinski definition) is 0. The standard InChI is InChI=1S/C20H18Cl2N2O3/c1-14-11-25-20(27-14,12-24-9-8-23-13-24)18-7-6-17(10-19(18)22)26-16-4-2-15(21)3-5-16/h2-10,13-14H,11-12H2,1H3. The second kappa shape index (κ2) is 7.52. The van der Waals surface area contributed by atoms with Crippen molar-refractivity contribution >= 4 is 23.2 Å². The molecular weight excluding hydrogens is 387 g/mol. The number of rotatable bonds is 5. The Labute approximate surface area is 167 Å². The van der Waals surface area contributed by atoms with E-state index in [1.807, 2.05) is 29.8 Å². The number of benzene rings is 2. The molecule has 4 rings (SSSR count). The summed E-state index contributed by atoms with van der Waals surface area (Å²) in [5.41, 5.74) is 0.755. The van der Waals surface area contributed by atoms with Gasteiger partial charge in [0.25, 0.3) is 0 Å². The molecule has 3 aromatic rings. The van der Waals surface area contributed by atoms with E-state index < -0.39 is 5.79 Å². The van der Waals surface area contributed by atoms with Crippen LogP contribution in [0.15, 0.2) is 61.2 Å². The molecule has 2 heterocycles. The highest BCUT2D eigenvalue weighted by Gasteiger charge is 2.43. The lowest BCUT2D eigenvalue weighted by atomic mass is 10.0. The molecule has 0 spiro atoms. The van der Waals surface area contributed by atoms with Crippen molar-refractivity contribution in [2.24, 2.45) is 0 Å². The largest absolute Gasteiger partial charge is 0.457 e. The Morgan fingerprint density at radius 1 is 1.19 bits per heavy atom. The summed E-state index contributed by atoms with van der Waals surface area (Å²) in [6, 6.07) is 12.6. The van der Waals surface area contributed by atoms with E-state index in [1.165, 1.54) is 0 Å². The van der Waals surface area contributed by atoms with Crippen molar-refractivity contribution < 1.29 is 14.2 Å². The Kier molecular flexibility index (Phi) is 5.10. The Morgan fingerprint density at radius 3 is 2.59 bits per heavy atom. The lowest BCUT2D eigenvalue weighted by Gasteiger charge is -2.29. The molecule has 0 radical (unpaired) electrons. The third-order valence-electron chi connectivity index (χ3n) is 4.29. The predicted molar refractivity (Wildman–Crippen MR) is 103 cm³/mol. The van der Waals surface area contributed by atoms with Crippen LogP contribution in [-0.4, -0.2) is 22.3 Å². The first-order valence-corrected chi connectivity index (χ1v) is 9.31. The summed E-state index contributed by atoms with van der Waals surface area (Å²) >= 11 is 12.5. The normalized spacial score (nSPS) is 22.1. The Morgan fingerprint density at radius 2 is 1.96 bits per heavy atom. The maximum Gasteiger partial charge on any atom is 0.215 e. The van der Waals surface area contributed by atoms with Gasteiger partial charge in [-0.05, 0) is 49.4 Å². The van der Waals surface area contributed by atoms with Gasteiger partial charge >= 0.3 is 0 Å². The van der Waals surface area contributed by atoms with Gasteiger partial charge in [-0.3, -0.25) is 0 Å². The Hall–Kier alpha value is -2.05. The third-order valence-corrected chi connectivity index (χ3v) is 4.86. The molecule has 1 fully saturated rings. The molecule has 1 aromatic heterocycles. The maximum atomic E-state index is 6.59. The molecule has 0 aliphatic carbocycles. The van der Waals surface area contributed by atoms with Gasteiger partial charge in [-0.2, -0.15) is 0 Å². The van der Waals surface area contributed by atoms with E-state index in [-0.39, 0.29) is 6.10 Å². The summed E-state index contributed by atoms with van der Waals surface area (Å²) in [6.45, 7) is 2.92. The molecule has 1 aliphatic heterocycles. The van der Waals surface area contributed by atoms with Crippen LogP contribution in [0, 0.1) is 0 Å². The third kappa shape index (κ3) is 3.96. The van der Waals surface area contributed by atoms with Crippen LogP contribution >= 0.6 is 23.2 Å². The van der Waals surface area contributed by atoms with Gasteiger partial charge in [-0.1, -0.05) is 23.2 Å². The molecule has 0 bridgehead atoms. The van der Waals surface area contributed by atoms with Crippen molar-refractivity contribution in [3.05, 3.63) is 76.8 Å². The zero-order valence-electron chi connectivity index (χ0n) is 14.6. The summed E-state index contributed by atoms with van der Waals surface area (Å²) in [5.74, 6) is 0.337. The fourth-order valence-electron chi connectivity index (χ4n) is 3.08. The summed E-state index contributed by atoms with van der Waals surface area (Å²) < 4.78 is 20.0. The van der Waals surface area contributed by atoms with Crippen molar-refractivity contribution in [1.82, 2.24) is 9.55 Å². The zero-order valence-corrected chi connectivity index (χ0v) is 16.2. The molecule has 0 saturated carbocycles. The minimum atomic E-state index is -0.962. The van der Waals surface area contributed by atoms with Crippen LogP contribution in [0.5, 0.6) is 11.5 Å². The van der Waals surface area contributed by atoms with Crippen LogP contribution < -0.4 is 4.74 Å². The van der Waals surface area contributed by atoms with Gasteiger partial charge < -0.3 is 18.8 Å². The first-order valence-electron chi connectivity index (χ1n) is 8.55. The number of ether oxygens (including phenoxy) is 3. The van der Waals surface area contributed by atoms with Crippen molar-refractivity contribution in [3.8, 4) is 11.5 Å². The second-order valence-electron chi connectivity index (χ2n) is 6.43. The van der Waals surface area contributed by atoms with Crippen LogP contribution in [0.4, 0.5) is 0 Å². The van der Waals surface area contributed by atoms with Crippen molar-refractivity contribution in [1.29, 1.82) is 0 Å². The quantitative estimate of drug-likeness (QED) is 0.580. The fraction of sp³-hybridized carbons (Fsp3) is 0.250. The molecule has 140 valence electrons. The highest BCUT2D eigenvalue weighted by Crippen LogP contribution is 2.41. The highest BCUT2D eigenvalue weighted by atomic mass is 35.5. The van der Waals surface area contributed by atoms with Gasteiger partial charge in [0.2, 0.25) is 5.79 Å². The molecule has 5 nitrogen and oxygen atoms in total. The van der Waals surface area contributed by atoms with E-state index in [1.54, 1.807) is 42.9 Å². The molecular formula is C20H18Cl2N2O3. The molecule has 2 unspecified atom stereocenters. The topological polar surface area (TPSA) is 45.5 Å². The Balaban J connectivity index is 1.62. The minimum Gasteiger partial charge on any atom is -0.457 e. The summed E-state index contributed by atoms with van der Waals surface area (Å²) in [5, 5.41) is 1.16. The molecule has 2 atom stereocenters. The maximum absolute atomic E-state index is 6.59. The average Bonchev–Trinajstić information content (AvgIpc) is 3.28. The smallest absolute Gasteiger partial charge is 0.215 e. The van der Waals surface area contributed by atoms with E-state index in [2.05, 4.69) is 4.98 Å². The van der Waals surface area contributed by atoms with Crippen LogP contribution in [0.3, 0.4) is 0 Å². The van der Waals surface area contributed by atoms with Crippen LogP contribution in [0.1, 0.15) is 12.5 Å². The van der Waals surface area contributed by atoms with Gasteiger partial charge in [-0.25, -0.2) is 4.98 Å². The lowest BCUT2D eigenvalue weighted by Crippen LogP contribution is -2.33. The summed E-state index contributed by atoms with van der Waals surface area (Å²) in [6.07, 6.45) is 5.28. The minimum absolute atomic E-state index is 0.0328. The SMILES string of the molecule is CC1COC(Cn2ccnc2)(c2ccc(Oc3ccc(Cl)cc3)cc2Cl)O1. The number of hydrogen-bond acceptors (Lipinski definition) is 4. The molecule has 0 N–H and O–H groups in total. The van der Waals surface area contributed by atoms with Crippen molar-refractivity contribution in [2.75, 3.05) is 6.61 Å². The first-order chi connectivity index (χ1) is 13.0. The van der Waals surface area contributed by atoms with Crippen molar-refractivity contribution in [2.45, 2.75) is 25.4 Å². The van der Waals surface area contributed by atoms with E-state index in [0.29, 0.717) is 34.7 Å². The number of imidazole rings is 1. The van der Waals surface area contributed by atoms with Gasteiger partial charge in [0.05, 0.1) is 30.6 Å².